The van der Waals surface area contributed by atoms with Crippen molar-refractivity contribution >= 4 is 11.0 Å². The van der Waals surface area contributed by atoms with Crippen molar-refractivity contribution in [2.75, 3.05) is 0 Å². The van der Waals surface area contributed by atoms with Crippen LogP contribution in [0.3, 0.4) is 0 Å². The van der Waals surface area contributed by atoms with E-state index in [-0.39, 0.29) is 5.63 Å². The molecule has 3 aromatic rings. The molecule has 2 aromatic carbocycles. The van der Waals surface area contributed by atoms with E-state index in [1.807, 2.05) is 19.1 Å². The van der Waals surface area contributed by atoms with Crippen molar-refractivity contribution < 1.29 is 4.42 Å². The van der Waals surface area contributed by atoms with E-state index in [9.17, 15) is 4.79 Å². The Morgan fingerprint density at radius 3 is 2.26 bits per heavy atom. The third kappa shape index (κ3) is 2.17. The van der Waals surface area contributed by atoms with Gasteiger partial charge in [0.2, 0.25) is 0 Å². The molecule has 0 aliphatic carbocycles. The largest absolute Gasteiger partial charge is 0.423 e. The maximum atomic E-state index is 11.4. The lowest BCUT2D eigenvalue weighted by Crippen LogP contribution is -1.97. The molecule has 2 nitrogen and oxygen atoms in total. The Morgan fingerprint density at radius 1 is 0.842 bits per heavy atom. The van der Waals surface area contributed by atoms with Crippen LogP contribution in [0.1, 0.15) is 11.1 Å². The Morgan fingerprint density at radius 2 is 1.53 bits per heavy atom. The lowest BCUT2D eigenvalue weighted by Gasteiger charge is -2.05. The molecule has 19 heavy (non-hydrogen) atoms. The fraction of sp³-hybridized carbons (Fsp3) is 0.118. The topological polar surface area (TPSA) is 30.2 Å². The van der Waals surface area contributed by atoms with Crippen LogP contribution in [0.5, 0.6) is 0 Å². The van der Waals surface area contributed by atoms with Crippen LogP contribution in [-0.4, -0.2) is 0 Å². The average Bonchev–Trinajstić information content (AvgIpc) is 2.38. The molecule has 3 rings (SSSR count). The summed E-state index contributed by atoms with van der Waals surface area (Å²) < 4.78 is 5.27. The molecule has 0 atom stereocenters. The van der Waals surface area contributed by atoms with Crippen molar-refractivity contribution in [1.29, 1.82) is 0 Å². The first-order chi connectivity index (χ1) is 9.13. The maximum absolute atomic E-state index is 11.4. The van der Waals surface area contributed by atoms with Gasteiger partial charge < -0.3 is 4.42 Å². The zero-order valence-electron chi connectivity index (χ0n) is 10.9. The van der Waals surface area contributed by atoms with Crippen LogP contribution in [0, 0.1) is 13.8 Å². The Hall–Kier alpha value is -2.35. The van der Waals surface area contributed by atoms with Crippen molar-refractivity contribution in [3.05, 3.63) is 70.1 Å². The van der Waals surface area contributed by atoms with Crippen LogP contribution in [0.4, 0.5) is 0 Å². The molecule has 0 aliphatic rings. The Balaban J connectivity index is 2.21. The van der Waals surface area contributed by atoms with E-state index in [2.05, 4.69) is 37.3 Å². The van der Waals surface area contributed by atoms with Crippen LogP contribution in [0.25, 0.3) is 22.1 Å². The normalized spacial score (nSPS) is 10.8. The quantitative estimate of drug-likeness (QED) is 0.609. The number of fused-ring (bicyclic) bond motifs is 1. The third-order valence-corrected chi connectivity index (χ3v) is 3.34. The minimum absolute atomic E-state index is 0.300. The molecule has 0 N–H and O–H groups in total. The zero-order valence-corrected chi connectivity index (χ0v) is 10.9. The predicted octanol–water partition coefficient (Wildman–Crippen LogP) is 4.08. The molecule has 0 bridgehead atoms. The highest BCUT2D eigenvalue weighted by molar-refractivity contribution is 5.85. The molecule has 0 unspecified atom stereocenters. The minimum Gasteiger partial charge on any atom is -0.423 e. The van der Waals surface area contributed by atoms with Crippen molar-refractivity contribution in [1.82, 2.24) is 0 Å². The molecule has 2 heteroatoms. The van der Waals surface area contributed by atoms with E-state index >= 15 is 0 Å². The smallest absolute Gasteiger partial charge is 0.336 e. The van der Waals surface area contributed by atoms with E-state index in [4.69, 9.17) is 4.42 Å². The molecule has 94 valence electrons. The summed E-state index contributed by atoms with van der Waals surface area (Å²) in [4.78, 5) is 11.4. The molecule has 0 radical (unpaired) electrons. The number of benzene rings is 2. The molecule has 0 saturated heterocycles. The summed E-state index contributed by atoms with van der Waals surface area (Å²) in [6.45, 7) is 3.98. The fourth-order valence-corrected chi connectivity index (χ4v) is 2.25. The first kappa shape index (κ1) is 11.7. The Bertz CT molecular complexity index is 796. The fourth-order valence-electron chi connectivity index (χ4n) is 2.25. The zero-order chi connectivity index (χ0) is 13.4. The summed E-state index contributed by atoms with van der Waals surface area (Å²) >= 11 is 0. The van der Waals surface area contributed by atoms with Gasteiger partial charge in [-0.2, -0.15) is 0 Å². The molecular weight excluding hydrogens is 236 g/mol. The number of rotatable bonds is 1. The van der Waals surface area contributed by atoms with Gasteiger partial charge in [-0.1, -0.05) is 42.0 Å². The van der Waals surface area contributed by atoms with Gasteiger partial charge in [-0.3, -0.25) is 0 Å². The summed E-state index contributed by atoms with van der Waals surface area (Å²) in [6.07, 6.45) is 0. The van der Waals surface area contributed by atoms with Gasteiger partial charge in [0.25, 0.3) is 0 Å². The summed E-state index contributed by atoms with van der Waals surface area (Å²) in [5, 5.41) is 0.982. The second-order valence-electron chi connectivity index (χ2n) is 4.83. The van der Waals surface area contributed by atoms with Crippen LogP contribution in [-0.2, 0) is 0 Å². The van der Waals surface area contributed by atoms with Gasteiger partial charge in [-0.25, -0.2) is 4.79 Å². The van der Waals surface area contributed by atoms with Crippen LogP contribution in [0.15, 0.2) is 57.7 Å². The first-order valence-corrected chi connectivity index (χ1v) is 6.25. The molecule has 1 aromatic heterocycles. The van der Waals surface area contributed by atoms with E-state index in [0.29, 0.717) is 5.58 Å². The molecular formula is C17H14O2. The highest BCUT2D eigenvalue weighted by Crippen LogP contribution is 2.25. The second-order valence-corrected chi connectivity index (χ2v) is 4.83. The van der Waals surface area contributed by atoms with Crippen molar-refractivity contribution in [2.24, 2.45) is 0 Å². The maximum Gasteiger partial charge on any atom is 0.336 e. The van der Waals surface area contributed by atoms with Gasteiger partial charge in [0.05, 0.1) is 0 Å². The van der Waals surface area contributed by atoms with Crippen LogP contribution >= 0.6 is 0 Å². The number of aryl methyl sites for hydroxylation is 2. The highest BCUT2D eigenvalue weighted by atomic mass is 16.4. The van der Waals surface area contributed by atoms with E-state index in [0.717, 1.165) is 22.1 Å². The van der Waals surface area contributed by atoms with E-state index in [1.54, 1.807) is 0 Å². The van der Waals surface area contributed by atoms with E-state index < -0.39 is 0 Å². The molecule has 1 heterocycles. The molecule has 0 spiro atoms. The monoisotopic (exact) mass is 250 g/mol. The second kappa shape index (κ2) is 4.39. The van der Waals surface area contributed by atoms with Gasteiger partial charge in [-0.15, -0.1) is 0 Å². The average molecular weight is 250 g/mol. The summed E-state index contributed by atoms with van der Waals surface area (Å²) in [5.41, 5.74) is 4.70. The standard InChI is InChI=1S/C17H14O2/c1-11-3-5-13(6-4-11)14-7-8-15-12(2)9-17(18)19-16(15)10-14/h3-10H,1-2H3. The van der Waals surface area contributed by atoms with Gasteiger partial charge in [0.15, 0.2) is 0 Å². The highest BCUT2D eigenvalue weighted by Gasteiger charge is 2.04. The third-order valence-electron chi connectivity index (χ3n) is 3.34. The van der Waals surface area contributed by atoms with Crippen molar-refractivity contribution in [3.63, 3.8) is 0 Å². The molecule has 0 aliphatic heterocycles. The molecule has 0 saturated carbocycles. The van der Waals surface area contributed by atoms with Gasteiger partial charge >= 0.3 is 5.63 Å². The van der Waals surface area contributed by atoms with Gasteiger partial charge in [-0.05, 0) is 36.6 Å². The summed E-state index contributed by atoms with van der Waals surface area (Å²) in [7, 11) is 0. The van der Waals surface area contributed by atoms with Gasteiger partial charge in [0, 0.05) is 11.5 Å². The predicted molar refractivity (Wildman–Crippen MR) is 77.4 cm³/mol. The van der Waals surface area contributed by atoms with Crippen LogP contribution in [0.2, 0.25) is 0 Å². The van der Waals surface area contributed by atoms with E-state index in [1.165, 1.54) is 11.6 Å². The lowest BCUT2D eigenvalue weighted by molar-refractivity contribution is 0.560. The minimum atomic E-state index is -0.300. The molecule has 0 fully saturated rings. The SMILES string of the molecule is Cc1ccc(-c2ccc3c(C)cc(=O)oc3c2)cc1. The lowest BCUT2D eigenvalue weighted by atomic mass is 10.0. The first-order valence-electron chi connectivity index (χ1n) is 6.25. The van der Waals surface area contributed by atoms with Gasteiger partial charge in [0.1, 0.15) is 5.58 Å². The van der Waals surface area contributed by atoms with Crippen molar-refractivity contribution in [3.8, 4) is 11.1 Å². The Kier molecular flexibility index (Phi) is 2.71. The summed E-state index contributed by atoms with van der Waals surface area (Å²) in [6, 6.07) is 15.8. The molecule has 0 amide bonds. The van der Waals surface area contributed by atoms with Crippen LogP contribution < -0.4 is 5.63 Å². The Labute approximate surface area is 111 Å². The summed E-state index contributed by atoms with van der Waals surface area (Å²) in [5.74, 6) is 0. The number of hydrogen-bond acceptors (Lipinski definition) is 2. The van der Waals surface area contributed by atoms with Crippen molar-refractivity contribution in [2.45, 2.75) is 13.8 Å². The number of hydrogen-bond donors (Lipinski definition) is 0.